The SMILES string of the molecule is C=C(C)C(CC(C=N)CN)N1NC=NC(N)=C1[C@@H](C)CC. The predicted octanol–water partition coefficient (Wildman–Crippen LogP) is 1.57. The molecule has 0 amide bonds. The Morgan fingerprint density at radius 3 is 2.76 bits per heavy atom. The molecule has 6 nitrogen and oxygen atoms in total. The maximum Gasteiger partial charge on any atom is 0.146 e. The zero-order valence-corrected chi connectivity index (χ0v) is 13.3. The molecule has 1 heterocycles. The first-order valence-electron chi connectivity index (χ1n) is 7.39. The number of nitrogens with one attached hydrogen (secondary N) is 2. The number of hydrogen-bond acceptors (Lipinski definition) is 6. The van der Waals surface area contributed by atoms with E-state index in [2.05, 4.69) is 30.8 Å². The summed E-state index contributed by atoms with van der Waals surface area (Å²) in [5, 5.41) is 9.51. The van der Waals surface area contributed by atoms with Gasteiger partial charge in [0.15, 0.2) is 0 Å². The molecule has 0 saturated carbocycles. The Balaban J connectivity index is 3.09. The van der Waals surface area contributed by atoms with Crippen molar-refractivity contribution in [3.8, 4) is 0 Å². The number of hydrogen-bond donors (Lipinski definition) is 4. The van der Waals surface area contributed by atoms with E-state index in [0.29, 0.717) is 12.4 Å². The first-order valence-corrected chi connectivity index (χ1v) is 7.39. The van der Waals surface area contributed by atoms with E-state index in [-0.39, 0.29) is 17.9 Å². The zero-order valence-electron chi connectivity index (χ0n) is 13.3. The Morgan fingerprint density at radius 2 is 2.29 bits per heavy atom. The van der Waals surface area contributed by atoms with Crippen LogP contribution < -0.4 is 16.9 Å². The van der Waals surface area contributed by atoms with Gasteiger partial charge in [0.25, 0.3) is 0 Å². The fraction of sp³-hybridized carbons (Fsp3) is 0.600. The average molecular weight is 292 g/mol. The van der Waals surface area contributed by atoms with E-state index < -0.39 is 0 Å². The second-order valence-electron chi connectivity index (χ2n) is 5.60. The Bertz CT molecular complexity index is 439. The van der Waals surface area contributed by atoms with Crippen LogP contribution in [0, 0.1) is 17.2 Å². The lowest BCUT2D eigenvalue weighted by Gasteiger charge is -2.40. The van der Waals surface area contributed by atoms with E-state index >= 15 is 0 Å². The van der Waals surface area contributed by atoms with Gasteiger partial charge < -0.3 is 16.9 Å². The smallest absolute Gasteiger partial charge is 0.146 e. The molecule has 0 spiro atoms. The number of nitrogens with two attached hydrogens (primary N) is 2. The van der Waals surface area contributed by atoms with E-state index in [4.69, 9.17) is 16.9 Å². The fourth-order valence-electron chi connectivity index (χ4n) is 2.41. The van der Waals surface area contributed by atoms with Crippen molar-refractivity contribution in [1.29, 1.82) is 5.41 Å². The van der Waals surface area contributed by atoms with Crippen molar-refractivity contribution in [3.63, 3.8) is 0 Å². The van der Waals surface area contributed by atoms with Crippen molar-refractivity contribution >= 4 is 12.6 Å². The van der Waals surface area contributed by atoms with Crippen molar-refractivity contribution in [2.45, 2.75) is 39.7 Å². The largest absolute Gasteiger partial charge is 0.382 e. The van der Waals surface area contributed by atoms with Gasteiger partial charge in [0.1, 0.15) is 12.2 Å². The molecule has 0 saturated heterocycles. The van der Waals surface area contributed by atoms with E-state index in [1.807, 2.05) is 11.9 Å². The van der Waals surface area contributed by atoms with Crippen LogP contribution in [0.1, 0.15) is 33.6 Å². The van der Waals surface area contributed by atoms with E-state index in [1.165, 1.54) is 6.21 Å². The van der Waals surface area contributed by atoms with Gasteiger partial charge in [-0.15, -0.1) is 0 Å². The first kappa shape index (κ1) is 17.2. The molecule has 6 N–H and O–H groups in total. The van der Waals surface area contributed by atoms with Crippen molar-refractivity contribution in [3.05, 3.63) is 23.7 Å². The van der Waals surface area contributed by atoms with Crippen LogP contribution in [-0.2, 0) is 0 Å². The highest BCUT2D eigenvalue weighted by Gasteiger charge is 2.29. The standard InChI is InChI=1S/C15H28N6/c1-5-11(4)14-15(18)19-9-20-21(14)13(10(2)3)6-12(7-16)8-17/h7,9,11-13,16H,2,5-6,8,17-18H2,1,3-4H3,(H,19,20)/t11-,12?,13?/m0/s1. The summed E-state index contributed by atoms with van der Waals surface area (Å²) in [5.74, 6) is 0.841. The highest BCUT2D eigenvalue weighted by Crippen LogP contribution is 2.28. The van der Waals surface area contributed by atoms with E-state index in [1.54, 1.807) is 6.34 Å². The highest BCUT2D eigenvalue weighted by atomic mass is 15.5. The third-order valence-corrected chi connectivity index (χ3v) is 3.95. The van der Waals surface area contributed by atoms with Gasteiger partial charge >= 0.3 is 0 Å². The Labute approximate surface area is 127 Å². The lowest BCUT2D eigenvalue weighted by atomic mass is 9.94. The molecule has 1 aliphatic rings. The Morgan fingerprint density at radius 1 is 1.62 bits per heavy atom. The summed E-state index contributed by atoms with van der Waals surface area (Å²) in [7, 11) is 0. The fourth-order valence-corrected chi connectivity index (χ4v) is 2.41. The summed E-state index contributed by atoms with van der Waals surface area (Å²) in [4.78, 5) is 4.17. The van der Waals surface area contributed by atoms with Crippen molar-refractivity contribution in [2.24, 2.45) is 28.3 Å². The minimum absolute atomic E-state index is 0.0202. The second-order valence-corrected chi connectivity index (χ2v) is 5.60. The molecule has 0 aromatic heterocycles. The second kappa shape index (κ2) is 7.83. The molecule has 3 atom stereocenters. The molecular weight excluding hydrogens is 264 g/mol. The molecule has 0 aromatic carbocycles. The molecule has 0 radical (unpaired) electrons. The molecule has 0 aliphatic carbocycles. The van der Waals surface area contributed by atoms with Crippen LogP contribution in [0.15, 0.2) is 28.7 Å². The van der Waals surface area contributed by atoms with Crippen LogP contribution in [0.2, 0.25) is 0 Å². The van der Waals surface area contributed by atoms with Crippen molar-refractivity contribution < 1.29 is 0 Å². The molecule has 2 unspecified atom stereocenters. The lowest BCUT2D eigenvalue weighted by molar-refractivity contribution is 0.194. The summed E-state index contributed by atoms with van der Waals surface area (Å²) in [5.41, 5.74) is 17.0. The summed E-state index contributed by atoms with van der Waals surface area (Å²) >= 11 is 0. The normalized spacial score (nSPS) is 19.0. The molecule has 0 fully saturated rings. The Hall–Kier alpha value is -1.82. The Kier molecular flexibility index (Phi) is 6.42. The van der Waals surface area contributed by atoms with Crippen LogP contribution in [0.5, 0.6) is 0 Å². The number of aliphatic imine (C=N–C) groups is 1. The monoisotopic (exact) mass is 292 g/mol. The number of allylic oxidation sites excluding steroid dienone is 1. The third-order valence-electron chi connectivity index (χ3n) is 3.95. The topological polar surface area (TPSA) is 104 Å². The predicted molar refractivity (Wildman–Crippen MR) is 88.7 cm³/mol. The summed E-state index contributed by atoms with van der Waals surface area (Å²) in [6, 6.07) is 0.0226. The highest BCUT2D eigenvalue weighted by molar-refractivity contribution is 5.59. The van der Waals surface area contributed by atoms with Gasteiger partial charge in [0.2, 0.25) is 0 Å². The van der Waals surface area contributed by atoms with Crippen molar-refractivity contribution in [1.82, 2.24) is 10.4 Å². The third kappa shape index (κ3) is 4.07. The number of rotatable bonds is 8. The molecule has 118 valence electrons. The average Bonchev–Trinajstić information content (AvgIpc) is 2.47. The van der Waals surface area contributed by atoms with Gasteiger partial charge in [-0.3, -0.25) is 10.4 Å². The number of nitrogens with zero attached hydrogens (tertiary/aromatic N) is 2. The molecular formula is C15H28N6. The van der Waals surface area contributed by atoms with Crippen LogP contribution in [0.3, 0.4) is 0 Å². The minimum atomic E-state index is 0.0202. The maximum absolute atomic E-state index is 7.48. The quantitative estimate of drug-likeness (QED) is 0.402. The minimum Gasteiger partial charge on any atom is -0.382 e. The van der Waals surface area contributed by atoms with Crippen LogP contribution in [-0.4, -0.2) is 30.1 Å². The van der Waals surface area contributed by atoms with Gasteiger partial charge in [0, 0.05) is 18.4 Å². The van der Waals surface area contributed by atoms with Gasteiger partial charge in [-0.05, 0) is 26.0 Å². The maximum atomic E-state index is 7.48. The lowest BCUT2D eigenvalue weighted by Crippen LogP contribution is -2.50. The van der Waals surface area contributed by atoms with Gasteiger partial charge in [-0.2, -0.15) is 0 Å². The van der Waals surface area contributed by atoms with Crippen LogP contribution in [0.4, 0.5) is 0 Å². The summed E-state index contributed by atoms with van der Waals surface area (Å²) in [6.45, 7) is 10.8. The van der Waals surface area contributed by atoms with E-state index in [9.17, 15) is 0 Å². The molecule has 0 bridgehead atoms. The molecule has 1 aliphatic heterocycles. The summed E-state index contributed by atoms with van der Waals surface area (Å²) in [6.07, 6.45) is 4.70. The van der Waals surface area contributed by atoms with Crippen LogP contribution >= 0.6 is 0 Å². The van der Waals surface area contributed by atoms with E-state index in [0.717, 1.165) is 24.1 Å². The van der Waals surface area contributed by atoms with Crippen molar-refractivity contribution in [2.75, 3.05) is 6.54 Å². The van der Waals surface area contributed by atoms with Gasteiger partial charge in [-0.1, -0.05) is 26.0 Å². The number of hydrazine groups is 1. The summed E-state index contributed by atoms with van der Waals surface area (Å²) < 4.78 is 0. The molecule has 0 aromatic rings. The van der Waals surface area contributed by atoms with Gasteiger partial charge in [-0.25, -0.2) is 4.99 Å². The van der Waals surface area contributed by atoms with Crippen LogP contribution in [0.25, 0.3) is 0 Å². The zero-order chi connectivity index (χ0) is 16.0. The molecule has 1 rings (SSSR count). The van der Waals surface area contributed by atoms with Gasteiger partial charge in [0.05, 0.1) is 11.7 Å². The first-order chi connectivity index (χ1) is 9.96. The molecule has 21 heavy (non-hydrogen) atoms. The molecule has 6 heteroatoms.